The van der Waals surface area contributed by atoms with Gasteiger partial charge in [-0.25, -0.2) is 14.1 Å². The summed E-state index contributed by atoms with van der Waals surface area (Å²) >= 11 is 1.01. The first kappa shape index (κ1) is 23.8. The monoisotopic (exact) mass is 454 g/mol. The molecule has 1 aliphatic heterocycles. The van der Waals surface area contributed by atoms with Crippen molar-refractivity contribution in [3.63, 3.8) is 0 Å². The van der Waals surface area contributed by atoms with E-state index in [0.717, 1.165) is 11.3 Å². The van der Waals surface area contributed by atoms with E-state index in [1.54, 1.807) is 0 Å². The summed E-state index contributed by atoms with van der Waals surface area (Å²) < 4.78 is 32.0. The van der Waals surface area contributed by atoms with Crippen LogP contribution in [0.3, 0.4) is 0 Å². The molecule has 1 amide bonds. The van der Waals surface area contributed by atoms with Crippen LogP contribution in [0.5, 0.6) is 0 Å². The minimum Gasteiger partial charge on any atom is -0.479 e. The third-order valence-electron chi connectivity index (χ3n) is 3.87. The van der Waals surface area contributed by atoms with Crippen LogP contribution >= 0.6 is 24.8 Å². The molecule has 0 spiro atoms. The van der Waals surface area contributed by atoms with Crippen LogP contribution in [0, 0.1) is 5.92 Å². The summed E-state index contributed by atoms with van der Waals surface area (Å²) in [7, 11) is -4.76. The molecule has 15 heteroatoms. The van der Waals surface area contributed by atoms with Gasteiger partial charge in [-0.15, -0.1) is 11.3 Å². The maximum absolute atomic E-state index is 12.6. The van der Waals surface area contributed by atoms with Gasteiger partial charge in [-0.2, -0.15) is 21.9 Å². The fourth-order valence-electron chi connectivity index (χ4n) is 2.62. The van der Waals surface area contributed by atoms with Crippen LogP contribution in [0.2, 0.25) is 0 Å². The van der Waals surface area contributed by atoms with Crippen LogP contribution in [-0.4, -0.2) is 62.9 Å². The Morgan fingerprint density at radius 1 is 1.46 bits per heavy atom. The number of rotatable bonds is 8. The van der Waals surface area contributed by atoms with Gasteiger partial charge < -0.3 is 15.7 Å². The molecule has 0 bridgehead atoms. The fourth-order valence-corrected chi connectivity index (χ4v) is 4.25. The van der Waals surface area contributed by atoms with Crippen LogP contribution in [0.15, 0.2) is 10.5 Å². The number of carbonyl (C=O) groups is 3. The summed E-state index contributed by atoms with van der Waals surface area (Å²) in [5, 5.41) is 13.6. The maximum atomic E-state index is 12.6. The van der Waals surface area contributed by atoms with E-state index in [0.29, 0.717) is 0 Å². The van der Waals surface area contributed by atoms with E-state index in [1.807, 2.05) is 0 Å². The number of nitrogens with two attached hydrogens (primary N) is 1. The number of oxime groups is 1. The van der Waals surface area contributed by atoms with Crippen molar-refractivity contribution in [1.29, 1.82) is 0 Å². The lowest BCUT2D eigenvalue weighted by Crippen LogP contribution is -2.69. The normalized spacial score (nSPS) is 18.8. The zero-order valence-corrected chi connectivity index (χ0v) is 17.3. The molecule has 1 atom stereocenters. The van der Waals surface area contributed by atoms with E-state index in [9.17, 15) is 22.8 Å². The number of carboxylic acids is 1. The highest BCUT2D eigenvalue weighted by Gasteiger charge is 2.59. The van der Waals surface area contributed by atoms with Crippen LogP contribution < -0.4 is 5.73 Å². The molecule has 0 aromatic carbocycles. The highest BCUT2D eigenvalue weighted by Crippen LogP contribution is 2.41. The Morgan fingerprint density at radius 2 is 2.07 bits per heavy atom. The first-order chi connectivity index (χ1) is 12.4. The molecule has 2 rings (SSSR count). The number of nitrogens with zero attached hydrogens (tertiary/aromatic N) is 3. The van der Waals surface area contributed by atoms with Crippen molar-refractivity contribution in [1.82, 2.24) is 9.29 Å². The third kappa shape index (κ3) is 4.78. The average Bonchev–Trinajstić information content (AvgIpc) is 2.93. The molecule has 0 aliphatic carbocycles. The molecular formula is C13H18N4O8S3. The first-order valence-corrected chi connectivity index (χ1v) is 9.61. The predicted octanol–water partition coefficient (Wildman–Crippen LogP) is -0.358. The number of nitrogen functional groups attached to an aromatic ring is 1. The van der Waals surface area contributed by atoms with Crippen molar-refractivity contribution in [2.24, 2.45) is 11.1 Å². The summed E-state index contributed by atoms with van der Waals surface area (Å²) in [4.78, 5) is 43.7. The van der Waals surface area contributed by atoms with Crippen LogP contribution in [0.1, 0.15) is 26.0 Å². The van der Waals surface area contributed by atoms with Crippen molar-refractivity contribution in [2.45, 2.75) is 25.8 Å². The lowest BCUT2D eigenvalue weighted by molar-refractivity contribution is -0.156. The molecule has 1 aromatic heterocycles. The van der Waals surface area contributed by atoms with E-state index in [1.165, 1.54) is 19.2 Å². The van der Waals surface area contributed by atoms with Crippen molar-refractivity contribution < 1.29 is 37.3 Å². The number of hydrogen-bond donors (Lipinski definition) is 3. The second-order valence-corrected chi connectivity index (χ2v) is 8.24. The van der Waals surface area contributed by atoms with Gasteiger partial charge in [0.1, 0.15) is 5.69 Å². The largest absolute Gasteiger partial charge is 0.479 e. The Balaban J connectivity index is 0.00000392. The first-order valence-electron chi connectivity index (χ1n) is 7.33. The minimum atomic E-state index is -4.76. The van der Waals surface area contributed by atoms with E-state index >= 15 is 0 Å². The Kier molecular flexibility index (Phi) is 7.16. The molecule has 28 heavy (non-hydrogen) atoms. The zero-order valence-electron chi connectivity index (χ0n) is 14.6. The molecule has 156 valence electrons. The molecule has 0 radical (unpaired) electrons. The van der Waals surface area contributed by atoms with E-state index in [-0.39, 0.29) is 34.3 Å². The lowest BCUT2D eigenvalue weighted by atomic mass is 9.75. The van der Waals surface area contributed by atoms with Gasteiger partial charge in [0.15, 0.2) is 16.6 Å². The van der Waals surface area contributed by atoms with Gasteiger partial charge >= 0.3 is 16.3 Å². The quantitative estimate of drug-likeness (QED) is 0.202. The average molecular weight is 455 g/mol. The van der Waals surface area contributed by atoms with E-state index in [2.05, 4.69) is 15.0 Å². The summed E-state index contributed by atoms with van der Waals surface area (Å²) in [5.41, 5.74) is 3.86. The molecule has 4 N–H and O–H groups in total. The number of carboxylic acid groups (broad SMARTS) is 1. The predicted molar refractivity (Wildman–Crippen MR) is 103 cm³/mol. The number of ketones is 1. The van der Waals surface area contributed by atoms with Gasteiger partial charge in [0, 0.05) is 11.8 Å². The molecule has 1 saturated heterocycles. The van der Waals surface area contributed by atoms with Gasteiger partial charge in [0.05, 0.1) is 11.5 Å². The molecule has 2 heterocycles. The molecule has 0 saturated carbocycles. The summed E-state index contributed by atoms with van der Waals surface area (Å²) in [5.74, 6) is -4.04. The Bertz CT molecular complexity index is 924. The smallest absolute Gasteiger partial charge is 0.362 e. The molecule has 1 unspecified atom stereocenters. The van der Waals surface area contributed by atoms with Gasteiger partial charge in [0.2, 0.25) is 12.5 Å². The number of Topliss-reactive ketones (excluding diaryl/α,β-unsaturated/α-hetero) is 1. The van der Waals surface area contributed by atoms with Gasteiger partial charge in [-0.1, -0.05) is 5.16 Å². The Morgan fingerprint density at radius 3 is 2.50 bits per heavy atom. The molecule has 1 fully saturated rings. The number of anilines is 1. The SMILES string of the molecule is CC1(C)C(CC(=O)/C(=N\OCC(=O)O)c2csc(N)n2)C(=O)N1S(=O)(=O)O.S. The van der Waals surface area contributed by atoms with Gasteiger partial charge in [0.25, 0.3) is 0 Å². The van der Waals surface area contributed by atoms with E-state index in [4.69, 9.17) is 15.4 Å². The standard InChI is InChI=1S/C13H16N4O8S2.H2S/c1-13(2)6(11(21)17(13)27(22,23)24)3-8(18)10(16-25-4-9(19)20)7-5-26-12(14)15-7;/h5-6H,3-4H2,1-2H3,(H2,14,15)(H,19,20)(H,22,23,24);1H2/b16-10-;. The Labute approximate surface area is 170 Å². The number of carbonyl (C=O) groups excluding carboxylic acids is 2. The second kappa shape index (κ2) is 8.42. The van der Waals surface area contributed by atoms with Gasteiger partial charge in [-0.05, 0) is 13.8 Å². The number of β-lactam (4-membered cyclic amide) rings is 1. The van der Waals surface area contributed by atoms with E-state index < -0.39 is 52.4 Å². The van der Waals surface area contributed by atoms with Crippen molar-refractivity contribution in [2.75, 3.05) is 12.3 Å². The van der Waals surface area contributed by atoms with Crippen LogP contribution in [0.4, 0.5) is 5.13 Å². The number of aromatic nitrogens is 1. The second-order valence-electron chi connectivity index (χ2n) is 6.09. The maximum Gasteiger partial charge on any atom is 0.362 e. The summed E-state index contributed by atoms with van der Waals surface area (Å²) in [6, 6.07) is 0. The number of aliphatic carboxylic acids is 1. The van der Waals surface area contributed by atoms with Crippen molar-refractivity contribution >= 4 is 63.6 Å². The zero-order chi connectivity index (χ0) is 20.6. The number of amides is 1. The third-order valence-corrected chi connectivity index (χ3v) is 5.65. The number of hydrogen-bond acceptors (Lipinski definition) is 10. The molecule has 1 aliphatic rings. The minimum absolute atomic E-state index is 0. The fraction of sp³-hybridized carbons (Fsp3) is 0.462. The summed E-state index contributed by atoms with van der Waals surface area (Å²) in [6.07, 6.45) is -0.454. The van der Waals surface area contributed by atoms with Gasteiger partial charge in [-0.3, -0.25) is 14.1 Å². The highest BCUT2D eigenvalue weighted by atomic mass is 32.2. The highest BCUT2D eigenvalue weighted by molar-refractivity contribution is 7.84. The topological polar surface area (TPSA) is 190 Å². The van der Waals surface area contributed by atoms with Crippen LogP contribution in [0.25, 0.3) is 0 Å². The van der Waals surface area contributed by atoms with Crippen molar-refractivity contribution in [3.8, 4) is 0 Å². The molecule has 1 aromatic rings. The summed E-state index contributed by atoms with van der Waals surface area (Å²) in [6.45, 7) is 1.94. The molecular weight excluding hydrogens is 436 g/mol. The lowest BCUT2D eigenvalue weighted by Gasteiger charge is -2.50. The van der Waals surface area contributed by atoms with Crippen LogP contribution in [-0.2, 0) is 29.5 Å². The van der Waals surface area contributed by atoms with Crippen molar-refractivity contribution in [3.05, 3.63) is 11.1 Å². The Hall–Kier alpha value is -2.23. The molecule has 12 nitrogen and oxygen atoms in total. The number of thiazole rings is 1.